The Bertz CT molecular complexity index is 371. The third kappa shape index (κ3) is 3.32. The Hall–Kier alpha value is -0.870. The van der Waals surface area contributed by atoms with Gasteiger partial charge in [0.15, 0.2) is 0 Å². The molecule has 5 nitrogen and oxygen atoms in total. The molecule has 1 unspecified atom stereocenters. The molecule has 0 bridgehead atoms. The van der Waals surface area contributed by atoms with Gasteiger partial charge in [0.25, 0.3) is 0 Å². The Morgan fingerprint density at radius 1 is 1.31 bits per heavy atom. The fourth-order valence-electron chi connectivity index (χ4n) is 1.26. The number of aliphatic hydroxyl groups excluding tert-OH is 1. The van der Waals surface area contributed by atoms with Gasteiger partial charge in [0, 0.05) is 19.9 Å². The third-order valence-corrected chi connectivity index (χ3v) is 4.18. The topological polar surface area (TPSA) is 81.8 Å². The standard InChI is InChI=1S/C10H16NO4P/c1-14-16(13,15-2)7-10(12)8-3-5-9(11)6-4-8/h3-6,10,12H,7,11H2,1-2H3. The van der Waals surface area contributed by atoms with Crippen LogP contribution in [0.15, 0.2) is 24.3 Å². The number of nitrogens with two attached hydrogens (primary N) is 1. The summed E-state index contributed by atoms with van der Waals surface area (Å²) in [6.07, 6.45) is -0.976. The van der Waals surface area contributed by atoms with E-state index in [0.717, 1.165) is 0 Å². The predicted molar refractivity (Wildman–Crippen MR) is 62.3 cm³/mol. The molecule has 0 saturated heterocycles. The second-order valence-corrected chi connectivity index (χ2v) is 5.66. The van der Waals surface area contributed by atoms with Gasteiger partial charge in [0.05, 0.1) is 12.3 Å². The number of aliphatic hydroxyl groups is 1. The highest BCUT2D eigenvalue weighted by Crippen LogP contribution is 2.49. The van der Waals surface area contributed by atoms with Crippen LogP contribution in [-0.2, 0) is 13.6 Å². The normalized spacial score (nSPS) is 13.7. The number of hydrogen-bond donors (Lipinski definition) is 2. The van der Waals surface area contributed by atoms with Crippen molar-refractivity contribution >= 4 is 13.3 Å². The molecule has 0 fully saturated rings. The number of hydrogen-bond acceptors (Lipinski definition) is 5. The van der Waals surface area contributed by atoms with Crippen LogP contribution in [0.2, 0.25) is 0 Å². The van der Waals surface area contributed by atoms with Crippen molar-refractivity contribution in [1.29, 1.82) is 0 Å². The van der Waals surface area contributed by atoms with E-state index in [1.165, 1.54) is 14.2 Å². The zero-order valence-electron chi connectivity index (χ0n) is 9.29. The fraction of sp³-hybridized carbons (Fsp3) is 0.400. The van der Waals surface area contributed by atoms with Crippen molar-refractivity contribution < 1.29 is 18.7 Å². The molecule has 0 heterocycles. The van der Waals surface area contributed by atoms with Crippen LogP contribution < -0.4 is 5.73 Å². The van der Waals surface area contributed by atoms with Crippen molar-refractivity contribution in [2.24, 2.45) is 0 Å². The van der Waals surface area contributed by atoms with E-state index in [-0.39, 0.29) is 6.16 Å². The highest BCUT2D eigenvalue weighted by atomic mass is 31.2. The molecule has 0 saturated carbocycles. The Kier molecular flexibility index (Phi) is 4.50. The molecule has 0 aliphatic rings. The molecule has 1 rings (SSSR count). The van der Waals surface area contributed by atoms with E-state index in [0.29, 0.717) is 11.3 Å². The summed E-state index contributed by atoms with van der Waals surface area (Å²) in [4.78, 5) is 0. The van der Waals surface area contributed by atoms with E-state index < -0.39 is 13.7 Å². The fourth-order valence-corrected chi connectivity index (χ4v) is 2.34. The first-order valence-electron chi connectivity index (χ1n) is 4.75. The van der Waals surface area contributed by atoms with Crippen LogP contribution in [0.3, 0.4) is 0 Å². The van der Waals surface area contributed by atoms with Crippen molar-refractivity contribution in [1.82, 2.24) is 0 Å². The van der Waals surface area contributed by atoms with E-state index in [4.69, 9.17) is 14.8 Å². The van der Waals surface area contributed by atoms with Crippen LogP contribution >= 0.6 is 7.60 Å². The van der Waals surface area contributed by atoms with Gasteiger partial charge in [-0.1, -0.05) is 12.1 Å². The minimum Gasteiger partial charge on any atom is -0.399 e. The van der Waals surface area contributed by atoms with Crippen LogP contribution in [-0.4, -0.2) is 25.5 Å². The maximum Gasteiger partial charge on any atom is 0.333 e. The van der Waals surface area contributed by atoms with Crippen LogP contribution in [0.4, 0.5) is 5.69 Å². The lowest BCUT2D eigenvalue weighted by molar-refractivity contribution is 0.184. The maximum absolute atomic E-state index is 11.8. The summed E-state index contributed by atoms with van der Waals surface area (Å²) in [5.41, 5.74) is 6.76. The molecule has 0 amide bonds. The molecule has 16 heavy (non-hydrogen) atoms. The minimum atomic E-state index is -3.20. The van der Waals surface area contributed by atoms with Gasteiger partial charge in [-0.15, -0.1) is 0 Å². The third-order valence-electron chi connectivity index (χ3n) is 2.27. The summed E-state index contributed by atoms with van der Waals surface area (Å²) in [5, 5.41) is 9.84. The van der Waals surface area contributed by atoms with E-state index >= 15 is 0 Å². The van der Waals surface area contributed by atoms with Gasteiger partial charge in [0.1, 0.15) is 0 Å². The van der Waals surface area contributed by atoms with Gasteiger partial charge in [-0.05, 0) is 17.7 Å². The number of benzene rings is 1. The van der Waals surface area contributed by atoms with Crippen molar-refractivity contribution in [3.8, 4) is 0 Å². The maximum atomic E-state index is 11.8. The molecule has 1 aromatic carbocycles. The highest BCUT2D eigenvalue weighted by molar-refractivity contribution is 7.53. The molecule has 90 valence electrons. The van der Waals surface area contributed by atoms with Gasteiger partial charge >= 0.3 is 7.60 Å². The summed E-state index contributed by atoms with van der Waals surface area (Å²) >= 11 is 0. The Morgan fingerprint density at radius 3 is 2.25 bits per heavy atom. The van der Waals surface area contributed by atoms with Crippen molar-refractivity contribution in [3.63, 3.8) is 0 Å². The number of nitrogen functional groups attached to an aromatic ring is 1. The lowest BCUT2D eigenvalue weighted by Crippen LogP contribution is -2.06. The average molecular weight is 245 g/mol. The molecule has 6 heteroatoms. The molecule has 0 aromatic heterocycles. The van der Waals surface area contributed by atoms with E-state index in [2.05, 4.69) is 0 Å². The van der Waals surface area contributed by atoms with Crippen LogP contribution in [0.25, 0.3) is 0 Å². The Balaban J connectivity index is 2.75. The van der Waals surface area contributed by atoms with Crippen LogP contribution in [0.5, 0.6) is 0 Å². The van der Waals surface area contributed by atoms with Crippen LogP contribution in [0.1, 0.15) is 11.7 Å². The largest absolute Gasteiger partial charge is 0.399 e. The first-order chi connectivity index (χ1) is 7.50. The monoisotopic (exact) mass is 245 g/mol. The molecule has 0 aliphatic heterocycles. The SMILES string of the molecule is COP(=O)(CC(O)c1ccc(N)cc1)OC. The summed E-state index contributed by atoms with van der Waals surface area (Å²) in [6, 6.07) is 6.69. The lowest BCUT2D eigenvalue weighted by Gasteiger charge is -2.17. The number of rotatable bonds is 5. The molecule has 1 atom stereocenters. The predicted octanol–water partition coefficient (Wildman–Crippen LogP) is 1.79. The number of anilines is 1. The molecule has 3 N–H and O–H groups in total. The average Bonchev–Trinajstić information content (AvgIpc) is 2.29. The smallest absolute Gasteiger partial charge is 0.333 e. The first kappa shape index (κ1) is 13.2. The highest BCUT2D eigenvalue weighted by Gasteiger charge is 2.26. The zero-order chi connectivity index (χ0) is 12.2. The van der Waals surface area contributed by atoms with Crippen molar-refractivity contribution in [3.05, 3.63) is 29.8 Å². The van der Waals surface area contributed by atoms with E-state index in [9.17, 15) is 9.67 Å². The van der Waals surface area contributed by atoms with Gasteiger partial charge in [-0.25, -0.2) is 0 Å². The lowest BCUT2D eigenvalue weighted by atomic mass is 10.1. The zero-order valence-corrected chi connectivity index (χ0v) is 10.2. The van der Waals surface area contributed by atoms with Gasteiger partial charge in [-0.3, -0.25) is 4.57 Å². The molecule has 1 aromatic rings. The molecule has 0 radical (unpaired) electrons. The minimum absolute atomic E-state index is 0.0794. The van der Waals surface area contributed by atoms with E-state index in [1.54, 1.807) is 24.3 Å². The van der Waals surface area contributed by atoms with E-state index in [1.807, 2.05) is 0 Å². The Labute approximate surface area is 94.7 Å². The summed E-state index contributed by atoms with van der Waals surface area (Å²) in [7, 11) is -0.613. The van der Waals surface area contributed by atoms with Gasteiger partial charge < -0.3 is 19.9 Å². The Morgan fingerprint density at radius 2 is 1.81 bits per heavy atom. The van der Waals surface area contributed by atoms with Crippen molar-refractivity contribution in [2.45, 2.75) is 6.10 Å². The second-order valence-electron chi connectivity index (χ2n) is 3.34. The van der Waals surface area contributed by atoms with Gasteiger partial charge in [-0.2, -0.15) is 0 Å². The van der Waals surface area contributed by atoms with Gasteiger partial charge in [0.2, 0.25) is 0 Å². The molecule has 0 spiro atoms. The molecular weight excluding hydrogens is 229 g/mol. The quantitative estimate of drug-likeness (QED) is 0.610. The molecule has 0 aliphatic carbocycles. The first-order valence-corrected chi connectivity index (χ1v) is 6.47. The summed E-state index contributed by atoms with van der Waals surface area (Å²) in [6.45, 7) is 0. The molecular formula is C10H16NO4P. The van der Waals surface area contributed by atoms with Crippen molar-refractivity contribution in [2.75, 3.05) is 26.1 Å². The second kappa shape index (κ2) is 5.46. The summed E-state index contributed by atoms with van der Waals surface area (Å²) < 4.78 is 21.3. The van der Waals surface area contributed by atoms with Crippen LogP contribution in [0, 0.1) is 0 Å². The summed E-state index contributed by atoms with van der Waals surface area (Å²) in [5.74, 6) is 0.